The molecule has 3 unspecified atom stereocenters. The first-order valence-corrected chi connectivity index (χ1v) is 8.43. The molecule has 0 spiro atoms. The fourth-order valence-electron chi connectivity index (χ4n) is 2.55. The van der Waals surface area contributed by atoms with Gasteiger partial charge in [-0.25, -0.2) is 0 Å². The van der Waals surface area contributed by atoms with Crippen LogP contribution in [0.4, 0.5) is 0 Å². The summed E-state index contributed by atoms with van der Waals surface area (Å²) in [5.41, 5.74) is 0. The Hall–Kier alpha value is 0.570. The zero-order chi connectivity index (χ0) is 12.8. The Morgan fingerprint density at radius 1 is 1.22 bits per heavy atom. The highest BCUT2D eigenvalue weighted by atomic mass is 127. The van der Waals surface area contributed by atoms with Gasteiger partial charge in [0.2, 0.25) is 0 Å². The van der Waals surface area contributed by atoms with Crippen molar-refractivity contribution < 1.29 is 19.3 Å². The summed E-state index contributed by atoms with van der Waals surface area (Å²) in [7, 11) is 0. The van der Waals surface area contributed by atoms with Gasteiger partial charge in [0.05, 0.1) is 24.9 Å². The maximum absolute atomic E-state index is 9.78. The van der Waals surface area contributed by atoms with Crippen molar-refractivity contribution in [1.82, 2.24) is 0 Å². The standard InChI is InChI=1S/C13H23IO4/c14-9-12-8-10(15)7-11(18-12)4-6-17-13-3-1-2-5-16-13/h10-13,15H,1-9H2/t10-,11?,12?,13?/m1/s1. The Bertz CT molecular complexity index is 233. The molecule has 0 aliphatic carbocycles. The van der Waals surface area contributed by atoms with Gasteiger partial charge in [0.15, 0.2) is 6.29 Å². The molecular weight excluding hydrogens is 347 g/mol. The summed E-state index contributed by atoms with van der Waals surface area (Å²) < 4.78 is 18.1. The molecular formula is C13H23IO4. The minimum Gasteiger partial charge on any atom is -0.393 e. The number of halogens is 1. The first-order chi connectivity index (χ1) is 8.78. The van der Waals surface area contributed by atoms with Crippen LogP contribution in [0, 0.1) is 0 Å². The first kappa shape index (κ1) is 15.0. The zero-order valence-electron chi connectivity index (χ0n) is 10.7. The highest BCUT2D eigenvalue weighted by Crippen LogP contribution is 2.23. The monoisotopic (exact) mass is 370 g/mol. The summed E-state index contributed by atoms with van der Waals surface area (Å²) in [6.07, 6.45) is 5.81. The maximum Gasteiger partial charge on any atom is 0.157 e. The van der Waals surface area contributed by atoms with Crippen LogP contribution in [0.25, 0.3) is 0 Å². The van der Waals surface area contributed by atoms with Gasteiger partial charge in [-0.3, -0.25) is 0 Å². The van der Waals surface area contributed by atoms with Gasteiger partial charge in [-0.2, -0.15) is 0 Å². The minimum atomic E-state index is -0.213. The van der Waals surface area contributed by atoms with Crippen LogP contribution in [0.3, 0.4) is 0 Å². The van der Waals surface area contributed by atoms with Crippen molar-refractivity contribution in [3.05, 3.63) is 0 Å². The number of ether oxygens (including phenoxy) is 3. The van der Waals surface area contributed by atoms with E-state index in [-0.39, 0.29) is 24.6 Å². The van der Waals surface area contributed by atoms with E-state index in [1.807, 2.05) is 0 Å². The van der Waals surface area contributed by atoms with Gasteiger partial charge in [0.1, 0.15) is 0 Å². The summed E-state index contributed by atoms with van der Waals surface area (Å²) in [6.45, 7) is 1.48. The molecule has 1 N–H and O–H groups in total. The van der Waals surface area contributed by atoms with Crippen LogP contribution >= 0.6 is 22.6 Å². The summed E-state index contributed by atoms with van der Waals surface area (Å²) in [4.78, 5) is 0. The van der Waals surface area contributed by atoms with Crippen molar-refractivity contribution in [3.8, 4) is 0 Å². The Morgan fingerprint density at radius 2 is 2.06 bits per heavy atom. The Balaban J connectivity index is 1.63. The quantitative estimate of drug-likeness (QED) is 0.596. The average Bonchev–Trinajstić information content (AvgIpc) is 2.39. The van der Waals surface area contributed by atoms with Crippen LogP contribution in [-0.4, -0.2) is 47.3 Å². The SMILES string of the molecule is O[C@H]1CC(CI)OC(CCOC2CCCCO2)C1. The smallest absolute Gasteiger partial charge is 0.157 e. The highest BCUT2D eigenvalue weighted by Gasteiger charge is 2.27. The third-order valence-electron chi connectivity index (χ3n) is 3.51. The molecule has 0 aromatic heterocycles. The molecule has 0 amide bonds. The van der Waals surface area contributed by atoms with E-state index in [0.717, 1.165) is 43.1 Å². The van der Waals surface area contributed by atoms with Gasteiger partial charge in [-0.15, -0.1) is 0 Å². The average molecular weight is 370 g/mol. The lowest BCUT2D eigenvalue weighted by atomic mass is 10.0. The molecule has 0 saturated carbocycles. The number of hydrogen-bond donors (Lipinski definition) is 1. The van der Waals surface area contributed by atoms with Gasteiger partial charge >= 0.3 is 0 Å². The molecule has 0 aromatic carbocycles. The summed E-state index contributed by atoms with van der Waals surface area (Å²) in [5.74, 6) is 0. The fraction of sp³-hybridized carbons (Fsp3) is 1.00. The number of hydrogen-bond acceptors (Lipinski definition) is 4. The van der Waals surface area contributed by atoms with E-state index < -0.39 is 0 Å². The van der Waals surface area contributed by atoms with Gasteiger partial charge in [-0.1, -0.05) is 22.6 Å². The molecule has 0 aromatic rings. The lowest BCUT2D eigenvalue weighted by Gasteiger charge is -2.32. The Kier molecular flexibility index (Phi) is 6.65. The summed E-state index contributed by atoms with van der Waals surface area (Å²) in [5, 5.41) is 9.78. The van der Waals surface area contributed by atoms with Crippen molar-refractivity contribution in [2.24, 2.45) is 0 Å². The van der Waals surface area contributed by atoms with Gasteiger partial charge < -0.3 is 19.3 Å². The number of aliphatic hydroxyl groups is 1. The normalized spacial score (nSPS) is 37.7. The molecule has 2 aliphatic heterocycles. The van der Waals surface area contributed by atoms with Crippen molar-refractivity contribution in [1.29, 1.82) is 0 Å². The zero-order valence-corrected chi connectivity index (χ0v) is 12.9. The highest BCUT2D eigenvalue weighted by molar-refractivity contribution is 14.1. The van der Waals surface area contributed by atoms with Crippen LogP contribution in [0.2, 0.25) is 0 Å². The van der Waals surface area contributed by atoms with Gasteiger partial charge in [-0.05, 0) is 32.1 Å². The minimum absolute atomic E-state index is 0.0207. The molecule has 2 heterocycles. The van der Waals surface area contributed by atoms with Gasteiger partial charge in [0.25, 0.3) is 0 Å². The van der Waals surface area contributed by atoms with Crippen molar-refractivity contribution in [3.63, 3.8) is 0 Å². The van der Waals surface area contributed by atoms with E-state index in [1.54, 1.807) is 0 Å². The number of rotatable bonds is 5. The molecule has 106 valence electrons. The van der Waals surface area contributed by atoms with Crippen LogP contribution < -0.4 is 0 Å². The van der Waals surface area contributed by atoms with Crippen molar-refractivity contribution >= 4 is 22.6 Å². The van der Waals surface area contributed by atoms with Crippen LogP contribution in [0.1, 0.15) is 38.5 Å². The largest absolute Gasteiger partial charge is 0.393 e. The van der Waals surface area contributed by atoms with Crippen molar-refractivity contribution in [2.45, 2.75) is 63.1 Å². The molecule has 0 radical (unpaired) electrons. The first-order valence-electron chi connectivity index (χ1n) is 6.90. The predicted octanol–water partition coefficient (Wildman–Crippen LogP) is 2.26. The molecule has 4 nitrogen and oxygen atoms in total. The fourth-order valence-corrected chi connectivity index (χ4v) is 3.11. The molecule has 4 atom stereocenters. The lowest BCUT2D eigenvalue weighted by molar-refractivity contribution is -0.171. The second-order valence-corrected chi connectivity index (χ2v) is 6.00. The molecule has 2 rings (SSSR count). The lowest BCUT2D eigenvalue weighted by Crippen LogP contribution is -2.37. The van der Waals surface area contributed by atoms with E-state index in [1.165, 1.54) is 6.42 Å². The summed E-state index contributed by atoms with van der Waals surface area (Å²) in [6, 6.07) is 0. The molecule has 2 fully saturated rings. The third kappa shape index (κ3) is 4.92. The van der Waals surface area contributed by atoms with Crippen LogP contribution in [-0.2, 0) is 14.2 Å². The molecule has 5 heteroatoms. The second kappa shape index (κ2) is 7.99. The predicted molar refractivity (Wildman–Crippen MR) is 76.9 cm³/mol. The second-order valence-electron chi connectivity index (χ2n) is 5.12. The number of alkyl halides is 1. The van der Waals surface area contributed by atoms with E-state index in [9.17, 15) is 5.11 Å². The van der Waals surface area contributed by atoms with E-state index in [2.05, 4.69) is 22.6 Å². The van der Waals surface area contributed by atoms with Crippen LogP contribution in [0.15, 0.2) is 0 Å². The molecule has 18 heavy (non-hydrogen) atoms. The Labute approximate surface area is 123 Å². The number of aliphatic hydroxyl groups excluding tert-OH is 1. The third-order valence-corrected chi connectivity index (χ3v) is 4.49. The van der Waals surface area contributed by atoms with E-state index >= 15 is 0 Å². The van der Waals surface area contributed by atoms with Crippen molar-refractivity contribution in [2.75, 3.05) is 17.6 Å². The van der Waals surface area contributed by atoms with Crippen LogP contribution in [0.5, 0.6) is 0 Å². The topological polar surface area (TPSA) is 47.9 Å². The van der Waals surface area contributed by atoms with Gasteiger partial charge in [0, 0.05) is 17.5 Å². The molecule has 0 bridgehead atoms. The molecule has 2 saturated heterocycles. The van der Waals surface area contributed by atoms with E-state index in [4.69, 9.17) is 14.2 Å². The Morgan fingerprint density at radius 3 is 2.78 bits per heavy atom. The summed E-state index contributed by atoms with van der Waals surface area (Å²) >= 11 is 2.31. The molecule has 2 aliphatic rings. The maximum atomic E-state index is 9.78. The van der Waals surface area contributed by atoms with E-state index in [0.29, 0.717) is 6.61 Å².